The third-order valence-electron chi connectivity index (χ3n) is 4.31. The molecule has 0 spiro atoms. The van der Waals surface area contributed by atoms with Gasteiger partial charge in [0.2, 0.25) is 5.91 Å². The second-order valence-electron chi connectivity index (χ2n) is 6.22. The molecule has 0 saturated carbocycles. The number of fused-ring (bicyclic) bond motifs is 1. The molecule has 2 amide bonds. The Hall–Kier alpha value is -2.82. The predicted octanol–water partition coefficient (Wildman–Crippen LogP) is 2.33. The summed E-state index contributed by atoms with van der Waals surface area (Å²) in [6.45, 7) is 2.30. The van der Waals surface area contributed by atoms with E-state index in [1.807, 2.05) is 48.5 Å². The van der Waals surface area contributed by atoms with Crippen LogP contribution in [-0.2, 0) is 22.4 Å². The number of ether oxygens (including phenoxy) is 1. The molecule has 1 aliphatic rings. The summed E-state index contributed by atoms with van der Waals surface area (Å²) in [6.07, 6.45) is 0.625. The highest BCUT2D eigenvalue weighted by molar-refractivity contribution is 5.99. The van der Waals surface area contributed by atoms with Gasteiger partial charge in [-0.15, -0.1) is 0 Å². The average Bonchev–Trinajstić information content (AvgIpc) is 2.61. The van der Waals surface area contributed by atoms with Crippen LogP contribution in [0.15, 0.2) is 48.5 Å². The second-order valence-corrected chi connectivity index (χ2v) is 6.22. The van der Waals surface area contributed by atoms with Gasteiger partial charge in [0.1, 0.15) is 5.75 Å². The molecule has 5 heteroatoms. The Morgan fingerprint density at radius 2 is 1.92 bits per heavy atom. The summed E-state index contributed by atoms with van der Waals surface area (Å²) in [4.78, 5) is 25.6. The highest BCUT2D eigenvalue weighted by atomic mass is 16.5. The van der Waals surface area contributed by atoms with Crippen LogP contribution >= 0.6 is 0 Å². The van der Waals surface area contributed by atoms with Crippen LogP contribution in [0.25, 0.3) is 0 Å². The van der Waals surface area contributed by atoms with Crippen molar-refractivity contribution in [2.45, 2.75) is 25.9 Å². The predicted molar refractivity (Wildman–Crippen MR) is 96.8 cm³/mol. The number of carbonyl (C=O) groups excluding carboxylic acids is 2. The third-order valence-corrected chi connectivity index (χ3v) is 4.31. The molecular formula is C20H22N2O3. The molecule has 5 nitrogen and oxygen atoms in total. The van der Waals surface area contributed by atoms with E-state index in [-0.39, 0.29) is 11.8 Å². The lowest BCUT2D eigenvalue weighted by molar-refractivity contribution is -0.125. The van der Waals surface area contributed by atoms with Crippen molar-refractivity contribution in [3.05, 3.63) is 59.7 Å². The highest BCUT2D eigenvalue weighted by Crippen LogP contribution is 2.33. The Morgan fingerprint density at radius 1 is 1.16 bits per heavy atom. The molecule has 2 aromatic carbocycles. The van der Waals surface area contributed by atoms with Crippen LogP contribution in [0.5, 0.6) is 5.75 Å². The van der Waals surface area contributed by atoms with Crippen LogP contribution in [0.4, 0.5) is 5.69 Å². The van der Waals surface area contributed by atoms with E-state index < -0.39 is 6.10 Å². The molecule has 1 heterocycles. The van der Waals surface area contributed by atoms with E-state index in [4.69, 9.17) is 4.74 Å². The lowest BCUT2D eigenvalue weighted by atomic mass is 10.1. The maximum atomic E-state index is 12.0. The molecule has 0 fully saturated rings. The number of rotatable bonds is 5. The molecule has 0 bridgehead atoms. The van der Waals surface area contributed by atoms with E-state index >= 15 is 0 Å². The van der Waals surface area contributed by atoms with Crippen LogP contribution in [0.1, 0.15) is 18.1 Å². The van der Waals surface area contributed by atoms with E-state index in [1.54, 1.807) is 18.9 Å². The van der Waals surface area contributed by atoms with Gasteiger partial charge in [0.05, 0.1) is 12.1 Å². The minimum Gasteiger partial charge on any atom is -0.479 e. The van der Waals surface area contributed by atoms with E-state index in [1.165, 1.54) is 0 Å². The number of nitrogens with zero attached hydrogens (tertiary/aromatic N) is 1. The Bertz CT molecular complexity index is 774. The molecular weight excluding hydrogens is 316 g/mol. The summed E-state index contributed by atoms with van der Waals surface area (Å²) >= 11 is 0. The van der Waals surface area contributed by atoms with Gasteiger partial charge >= 0.3 is 0 Å². The Labute approximate surface area is 147 Å². The van der Waals surface area contributed by atoms with Crippen LogP contribution in [0, 0.1) is 0 Å². The van der Waals surface area contributed by atoms with Crippen molar-refractivity contribution in [2.75, 3.05) is 18.5 Å². The van der Waals surface area contributed by atoms with Gasteiger partial charge in [-0.25, -0.2) is 0 Å². The molecule has 0 radical (unpaired) electrons. The van der Waals surface area contributed by atoms with Crippen molar-refractivity contribution in [1.82, 2.24) is 5.32 Å². The van der Waals surface area contributed by atoms with E-state index in [0.29, 0.717) is 25.1 Å². The SMILES string of the molecule is CC1Oc2ccc(CCNC(=O)Cc3ccccc3)cc2N(C)C1=O. The molecule has 1 aliphatic heterocycles. The van der Waals surface area contributed by atoms with E-state index in [2.05, 4.69) is 5.32 Å². The van der Waals surface area contributed by atoms with Gasteiger partial charge in [0.15, 0.2) is 6.10 Å². The van der Waals surface area contributed by atoms with Gasteiger partial charge in [0.25, 0.3) is 5.91 Å². The molecule has 0 aromatic heterocycles. The summed E-state index contributed by atoms with van der Waals surface area (Å²) in [5.74, 6) is 0.667. The fourth-order valence-corrected chi connectivity index (χ4v) is 2.90. The monoisotopic (exact) mass is 338 g/mol. The number of amides is 2. The molecule has 3 rings (SSSR count). The minimum atomic E-state index is -0.458. The topological polar surface area (TPSA) is 58.6 Å². The Balaban J connectivity index is 1.56. The average molecular weight is 338 g/mol. The fourth-order valence-electron chi connectivity index (χ4n) is 2.90. The molecule has 25 heavy (non-hydrogen) atoms. The van der Waals surface area contributed by atoms with Crippen LogP contribution < -0.4 is 15.0 Å². The number of anilines is 1. The molecule has 1 atom stereocenters. The van der Waals surface area contributed by atoms with Crippen molar-refractivity contribution in [1.29, 1.82) is 0 Å². The smallest absolute Gasteiger partial charge is 0.267 e. The molecule has 130 valence electrons. The maximum absolute atomic E-state index is 12.0. The number of likely N-dealkylation sites (N-methyl/N-ethyl adjacent to an activating group) is 1. The molecule has 1 unspecified atom stereocenters. The fraction of sp³-hybridized carbons (Fsp3) is 0.300. The van der Waals surface area contributed by atoms with Crippen molar-refractivity contribution >= 4 is 17.5 Å². The van der Waals surface area contributed by atoms with Crippen LogP contribution in [0.2, 0.25) is 0 Å². The molecule has 1 N–H and O–H groups in total. The quantitative estimate of drug-likeness (QED) is 0.910. The van der Waals surface area contributed by atoms with Crippen molar-refractivity contribution < 1.29 is 14.3 Å². The van der Waals surface area contributed by atoms with Gasteiger partial charge in [-0.1, -0.05) is 36.4 Å². The van der Waals surface area contributed by atoms with Gasteiger partial charge in [-0.05, 0) is 36.6 Å². The number of nitrogens with one attached hydrogen (secondary N) is 1. The first kappa shape index (κ1) is 17.0. The summed E-state index contributed by atoms with van der Waals surface area (Å²) in [5, 5.41) is 2.94. The molecule has 0 aliphatic carbocycles. The Kier molecular flexibility index (Phi) is 5.03. The molecule has 2 aromatic rings. The summed E-state index contributed by atoms with van der Waals surface area (Å²) in [6, 6.07) is 15.5. The van der Waals surface area contributed by atoms with Gasteiger partial charge in [0, 0.05) is 13.6 Å². The molecule has 0 saturated heterocycles. The van der Waals surface area contributed by atoms with Crippen molar-refractivity contribution in [2.24, 2.45) is 0 Å². The first-order valence-electron chi connectivity index (χ1n) is 8.42. The minimum absolute atomic E-state index is 0.00798. The lowest BCUT2D eigenvalue weighted by Gasteiger charge is -2.30. The van der Waals surface area contributed by atoms with Gasteiger partial charge < -0.3 is 15.0 Å². The van der Waals surface area contributed by atoms with E-state index in [0.717, 1.165) is 16.8 Å². The summed E-state index contributed by atoms with van der Waals surface area (Å²) in [7, 11) is 1.76. The Morgan fingerprint density at radius 3 is 2.68 bits per heavy atom. The van der Waals surface area contributed by atoms with E-state index in [9.17, 15) is 9.59 Å². The summed E-state index contributed by atoms with van der Waals surface area (Å²) < 4.78 is 5.62. The lowest BCUT2D eigenvalue weighted by Crippen LogP contribution is -2.42. The third kappa shape index (κ3) is 3.99. The van der Waals surface area contributed by atoms with Crippen LogP contribution in [-0.4, -0.2) is 31.5 Å². The standard InChI is InChI=1S/C20H22N2O3/c1-14-20(24)22(2)17-12-16(8-9-18(17)25-14)10-11-21-19(23)13-15-6-4-3-5-7-15/h3-9,12,14H,10-11,13H2,1-2H3,(H,21,23). The summed E-state index contributed by atoms with van der Waals surface area (Å²) in [5.41, 5.74) is 2.83. The number of benzene rings is 2. The normalized spacial score (nSPS) is 16.2. The highest BCUT2D eigenvalue weighted by Gasteiger charge is 2.28. The van der Waals surface area contributed by atoms with Crippen LogP contribution in [0.3, 0.4) is 0 Å². The largest absolute Gasteiger partial charge is 0.479 e. The zero-order valence-electron chi connectivity index (χ0n) is 14.5. The maximum Gasteiger partial charge on any atom is 0.267 e. The zero-order valence-corrected chi connectivity index (χ0v) is 14.5. The second kappa shape index (κ2) is 7.38. The zero-order chi connectivity index (χ0) is 17.8. The van der Waals surface area contributed by atoms with Crippen molar-refractivity contribution in [3.63, 3.8) is 0 Å². The number of carbonyl (C=O) groups is 2. The van der Waals surface area contributed by atoms with Gasteiger partial charge in [-0.3, -0.25) is 9.59 Å². The first-order valence-corrected chi connectivity index (χ1v) is 8.42. The first-order chi connectivity index (χ1) is 12.0. The van der Waals surface area contributed by atoms with Crippen molar-refractivity contribution in [3.8, 4) is 5.75 Å². The number of hydrogen-bond acceptors (Lipinski definition) is 3. The van der Waals surface area contributed by atoms with Gasteiger partial charge in [-0.2, -0.15) is 0 Å². The number of hydrogen-bond donors (Lipinski definition) is 1.